The molecule has 4 rings (SSSR count). The first-order chi connectivity index (χ1) is 16.1. The number of aromatic nitrogens is 1. The van der Waals surface area contributed by atoms with Gasteiger partial charge in [-0.3, -0.25) is 9.79 Å². The highest BCUT2D eigenvalue weighted by molar-refractivity contribution is 14.0. The molecule has 34 heavy (non-hydrogen) atoms. The third-order valence-corrected chi connectivity index (χ3v) is 5.85. The van der Waals surface area contributed by atoms with Gasteiger partial charge in [0.2, 0.25) is 11.8 Å². The predicted octanol–water partition coefficient (Wildman–Crippen LogP) is 4.30. The minimum Gasteiger partial charge on any atom is -0.444 e. The van der Waals surface area contributed by atoms with Gasteiger partial charge in [0.1, 0.15) is 6.26 Å². The molecule has 0 saturated carbocycles. The summed E-state index contributed by atoms with van der Waals surface area (Å²) in [6.07, 6.45) is 3.86. The highest BCUT2D eigenvalue weighted by atomic mass is 127. The van der Waals surface area contributed by atoms with Crippen LogP contribution in [-0.4, -0.2) is 41.9 Å². The number of hydrogen-bond acceptors (Lipinski definition) is 4. The van der Waals surface area contributed by atoms with Crippen LogP contribution in [0, 0.1) is 6.92 Å². The van der Waals surface area contributed by atoms with Crippen molar-refractivity contribution in [2.24, 2.45) is 4.99 Å². The maximum Gasteiger partial charge on any atom is 0.226 e. The van der Waals surface area contributed by atoms with Crippen molar-refractivity contribution in [3.63, 3.8) is 0 Å². The summed E-state index contributed by atoms with van der Waals surface area (Å²) in [7, 11) is 1.73. The quantitative estimate of drug-likeness (QED) is 0.191. The molecule has 0 bridgehead atoms. The van der Waals surface area contributed by atoms with E-state index in [-0.39, 0.29) is 29.9 Å². The number of nitrogens with one attached hydrogen (secondary N) is 2. The Morgan fingerprint density at radius 1 is 1.12 bits per heavy atom. The van der Waals surface area contributed by atoms with E-state index in [9.17, 15) is 4.79 Å². The molecule has 180 valence electrons. The van der Waals surface area contributed by atoms with Gasteiger partial charge in [0.05, 0.1) is 12.2 Å². The molecule has 1 aliphatic rings. The van der Waals surface area contributed by atoms with Gasteiger partial charge in [-0.05, 0) is 43.0 Å². The number of rotatable bonds is 7. The van der Waals surface area contributed by atoms with Gasteiger partial charge in [-0.2, -0.15) is 0 Å². The number of guanidine groups is 1. The van der Waals surface area contributed by atoms with Crippen molar-refractivity contribution in [3.8, 4) is 11.5 Å². The van der Waals surface area contributed by atoms with Crippen LogP contribution in [0.5, 0.6) is 0 Å². The molecule has 2 heterocycles. The number of fused-ring (bicyclic) bond motifs is 1. The van der Waals surface area contributed by atoms with Crippen LogP contribution >= 0.6 is 24.0 Å². The van der Waals surface area contributed by atoms with Gasteiger partial charge in [-0.25, -0.2) is 4.98 Å². The lowest BCUT2D eigenvalue weighted by Crippen LogP contribution is -2.38. The summed E-state index contributed by atoms with van der Waals surface area (Å²) >= 11 is 0. The molecule has 1 aromatic heterocycles. The lowest BCUT2D eigenvalue weighted by Gasteiger charge is -2.29. The first kappa shape index (κ1) is 25.7. The second-order valence-electron chi connectivity index (χ2n) is 8.30. The number of hydrogen-bond donors (Lipinski definition) is 2. The summed E-state index contributed by atoms with van der Waals surface area (Å²) in [5, 5.41) is 6.51. The Kier molecular flexibility index (Phi) is 9.50. The lowest BCUT2D eigenvalue weighted by molar-refractivity contribution is -0.132. The highest BCUT2D eigenvalue weighted by Crippen LogP contribution is 2.20. The molecule has 7 nitrogen and oxygen atoms in total. The van der Waals surface area contributed by atoms with Gasteiger partial charge in [0.25, 0.3) is 0 Å². The number of aliphatic imine (C=N–C) groups is 1. The average molecular weight is 573 g/mol. The third kappa shape index (κ3) is 6.82. The Morgan fingerprint density at radius 2 is 1.88 bits per heavy atom. The van der Waals surface area contributed by atoms with Crippen molar-refractivity contribution in [2.75, 3.05) is 20.1 Å². The number of aryl methyl sites for hydroxylation is 1. The normalized spacial score (nSPS) is 13.1. The lowest BCUT2D eigenvalue weighted by atomic mass is 9.99. The Morgan fingerprint density at radius 3 is 2.65 bits per heavy atom. The molecule has 0 atom stereocenters. The van der Waals surface area contributed by atoms with Crippen molar-refractivity contribution in [3.05, 3.63) is 77.2 Å². The molecule has 0 aliphatic carbocycles. The van der Waals surface area contributed by atoms with Crippen molar-refractivity contribution < 1.29 is 9.21 Å². The minimum absolute atomic E-state index is 0. The Labute approximate surface area is 218 Å². The Balaban J connectivity index is 0.00000324. The summed E-state index contributed by atoms with van der Waals surface area (Å²) in [5.41, 5.74) is 5.57. The number of nitrogens with zero attached hydrogens (tertiary/aromatic N) is 3. The molecule has 2 aromatic carbocycles. The molecule has 0 saturated heterocycles. The number of amides is 1. The largest absolute Gasteiger partial charge is 0.444 e. The maximum absolute atomic E-state index is 12.6. The number of halogens is 1. The molecule has 0 unspecified atom stereocenters. The zero-order valence-electron chi connectivity index (χ0n) is 19.7. The number of benzene rings is 2. The van der Waals surface area contributed by atoms with Gasteiger partial charge in [-0.15, -0.1) is 24.0 Å². The van der Waals surface area contributed by atoms with Crippen LogP contribution in [-0.2, 0) is 24.3 Å². The predicted molar refractivity (Wildman–Crippen MR) is 145 cm³/mol. The van der Waals surface area contributed by atoms with E-state index in [4.69, 9.17) is 4.42 Å². The van der Waals surface area contributed by atoms with Crippen molar-refractivity contribution >= 4 is 35.8 Å². The standard InChI is InChI=1S/C26H31N5O2.HI/c1-19-9-11-21(12-10-19)25-30-23(18-33-25)16-29-26(27-2)28-14-5-8-24(32)31-15-13-20-6-3-4-7-22(20)17-31;/h3-4,6-7,9-12,18H,5,8,13-17H2,1-2H3,(H2,27,28,29);1H. The first-order valence-electron chi connectivity index (χ1n) is 11.4. The number of oxazole rings is 1. The third-order valence-electron chi connectivity index (χ3n) is 5.85. The second kappa shape index (κ2) is 12.5. The first-order valence-corrected chi connectivity index (χ1v) is 11.4. The Hall–Kier alpha value is -2.88. The molecule has 0 fully saturated rings. The molecule has 1 aliphatic heterocycles. The van der Waals surface area contributed by atoms with Crippen LogP contribution in [0.4, 0.5) is 0 Å². The van der Waals surface area contributed by atoms with Gasteiger partial charge < -0.3 is 20.0 Å². The van der Waals surface area contributed by atoms with Crippen LogP contribution in [0.15, 0.2) is 64.2 Å². The fraction of sp³-hybridized carbons (Fsp3) is 0.346. The van der Waals surface area contributed by atoms with Crippen molar-refractivity contribution in [1.29, 1.82) is 0 Å². The highest BCUT2D eigenvalue weighted by Gasteiger charge is 2.19. The molecular formula is C26H32IN5O2. The molecule has 0 radical (unpaired) electrons. The van der Waals surface area contributed by atoms with E-state index in [0.29, 0.717) is 37.9 Å². The molecule has 0 spiro atoms. The monoisotopic (exact) mass is 573 g/mol. The summed E-state index contributed by atoms with van der Waals surface area (Å²) in [4.78, 5) is 23.4. The number of carbonyl (C=O) groups is 1. The smallest absolute Gasteiger partial charge is 0.226 e. The fourth-order valence-electron chi connectivity index (χ4n) is 3.92. The number of carbonyl (C=O) groups excluding carboxylic acids is 1. The van der Waals surface area contributed by atoms with Crippen LogP contribution in [0.1, 0.15) is 35.2 Å². The molecule has 2 N–H and O–H groups in total. The molecule has 3 aromatic rings. The van der Waals surface area contributed by atoms with Gasteiger partial charge in [0, 0.05) is 38.7 Å². The second-order valence-corrected chi connectivity index (χ2v) is 8.30. The molecule has 1 amide bonds. The van der Waals surface area contributed by atoms with Crippen LogP contribution < -0.4 is 10.6 Å². The van der Waals surface area contributed by atoms with E-state index in [0.717, 1.165) is 30.6 Å². The van der Waals surface area contributed by atoms with Crippen molar-refractivity contribution in [2.45, 2.75) is 39.3 Å². The van der Waals surface area contributed by atoms with E-state index < -0.39 is 0 Å². The maximum atomic E-state index is 12.6. The van der Waals surface area contributed by atoms with Crippen LogP contribution in [0.3, 0.4) is 0 Å². The van der Waals surface area contributed by atoms with Crippen LogP contribution in [0.2, 0.25) is 0 Å². The SMILES string of the molecule is CN=C(NCCCC(=O)N1CCc2ccccc2C1)NCc1coc(-c2ccc(C)cc2)n1.I. The minimum atomic E-state index is 0. The van der Waals surface area contributed by atoms with E-state index in [1.54, 1.807) is 13.3 Å². The summed E-state index contributed by atoms with van der Waals surface area (Å²) in [6, 6.07) is 16.5. The molecule has 8 heteroatoms. The topological polar surface area (TPSA) is 82.8 Å². The van der Waals surface area contributed by atoms with Gasteiger partial charge in [0.15, 0.2) is 5.96 Å². The zero-order chi connectivity index (χ0) is 23.0. The zero-order valence-corrected chi connectivity index (χ0v) is 22.0. The van der Waals surface area contributed by atoms with Crippen molar-refractivity contribution in [1.82, 2.24) is 20.5 Å². The van der Waals surface area contributed by atoms with E-state index >= 15 is 0 Å². The summed E-state index contributed by atoms with van der Waals surface area (Å²) < 4.78 is 5.61. The van der Waals surface area contributed by atoms with Gasteiger partial charge in [-0.1, -0.05) is 42.0 Å². The summed E-state index contributed by atoms with van der Waals surface area (Å²) in [5.74, 6) is 1.49. The van der Waals surface area contributed by atoms with E-state index in [1.165, 1.54) is 16.7 Å². The van der Waals surface area contributed by atoms with Crippen LogP contribution in [0.25, 0.3) is 11.5 Å². The summed E-state index contributed by atoms with van der Waals surface area (Å²) in [6.45, 7) is 4.74. The molecular weight excluding hydrogens is 541 g/mol. The fourth-order valence-corrected chi connectivity index (χ4v) is 3.92. The van der Waals surface area contributed by atoms with Gasteiger partial charge >= 0.3 is 0 Å². The van der Waals surface area contributed by atoms with E-state index in [1.807, 2.05) is 35.2 Å². The Bertz CT molecular complexity index is 1110. The van der Waals surface area contributed by atoms with E-state index in [2.05, 4.69) is 45.7 Å². The average Bonchev–Trinajstić information content (AvgIpc) is 3.32.